The van der Waals surface area contributed by atoms with Gasteiger partial charge in [-0.2, -0.15) is 0 Å². The van der Waals surface area contributed by atoms with Crippen LogP contribution in [0, 0.1) is 12.7 Å². The van der Waals surface area contributed by atoms with Gasteiger partial charge in [-0.15, -0.1) is 0 Å². The van der Waals surface area contributed by atoms with Crippen molar-refractivity contribution in [1.82, 2.24) is 4.90 Å². The lowest BCUT2D eigenvalue weighted by Gasteiger charge is -2.30. The number of carbonyl (C=O) groups excluding carboxylic acids is 1. The first-order chi connectivity index (χ1) is 15.5. The number of ketones is 1. The van der Waals surface area contributed by atoms with E-state index >= 15 is 0 Å². The number of fused-ring (bicyclic) bond motifs is 2. The number of carbonyl (C=O) groups is 1. The first-order valence-corrected chi connectivity index (χ1v) is 10.4. The van der Waals surface area contributed by atoms with Gasteiger partial charge in [-0.1, -0.05) is 30.3 Å². The third-order valence-corrected chi connectivity index (χ3v) is 5.76. The van der Waals surface area contributed by atoms with Crippen LogP contribution in [0.15, 0.2) is 60.4 Å². The topological polar surface area (TPSA) is 48.0 Å². The van der Waals surface area contributed by atoms with Crippen LogP contribution < -0.4 is 14.2 Å². The lowest BCUT2D eigenvalue weighted by atomic mass is 9.99. The number of para-hydroxylation sites is 1. The highest BCUT2D eigenvalue weighted by Crippen LogP contribution is 2.43. The zero-order valence-electron chi connectivity index (χ0n) is 17.9. The molecule has 5 nitrogen and oxygen atoms in total. The van der Waals surface area contributed by atoms with E-state index in [1.807, 2.05) is 37.3 Å². The molecule has 0 N–H and O–H groups in total. The summed E-state index contributed by atoms with van der Waals surface area (Å²) < 4.78 is 30.6. The molecular weight excluding hydrogens is 409 g/mol. The van der Waals surface area contributed by atoms with Crippen LogP contribution >= 0.6 is 0 Å². The number of hydrogen-bond donors (Lipinski definition) is 0. The van der Waals surface area contributed by atoms with Crippen molar-refractivity contribution in [2.45, 2.75) is 20.0 Å². The quantitative estimate of drug-likeness (QED) is 0.537. The summed E-state index contributed by atoms with van der Waals surface area (Å²) in [5, 5.41) is 0. The number of benzene rings is 3. The number of halogens is 1. The van der Waals surface area contributed by atoms with E-state index in [0.29, 0.717) is 36.7 Å². The molecule has 0 atom stereocenters. The van der Waals surface area contributed by atoms with Gasteiger partial charge in [-0.25, -0.2) is 4.39 Å². The first kappa shape index (κ1) is 20.3. The van der Waals surface area contributed by atoms with Gasteiger partial charge < -0.3 is 14.2 Å². The number of Topliss-reactive ketones (excluding diaryl/α,β-unsaturated/α-hetero) is 1. The Morgan fingerprint density at radius 2 is 1.91 bits per heavy atom. The van der Waals surface area contributed by atoms with Gasteiger partial charge in [0.1, 0.15) is 29.8 Å². The molecule has 3 aromatic carbocycles. The highest BCUT2D eigenvalue weighted by molar-refractivity contribution is 6.15. The second-order valence-electron chi connectivity index (χ2n) is 7.93. The Morgan fingerprint density at radius 1 is 1.12 bits per heavy atom. The van der Waals surface area contributed by atoms with Gasteiger partial charge >= 0.3 is 0 Å². The Kier molecular flexibility index (Phi) is 5.15. The maximum Gasteiger partial charge on any atom is 0.231 e. The normalized spacial score (nSPS) is 16.3. The highest BCUT2D eigenvalue weighted by atomic mass is 19.1. The van der Waals surface area contributed by atoms with Crippen molar-refractivity contribution < 1.29 is 23.4 Å². The van der Waals surface area contributed by atoms with E-state index < -0.39 is 0 Å². The van der Waals surface area contributed by atoms with Crippen molar-refractivity contribution in [2.75, 3.05) is 13.8 Å². The van der Waals surface area contributed by atoms with Crippen molar-refractivity contribution >= 4 is 11.9 Å². The molecule has 0 amide bonds. The van der Waals surface area contributed by atoms with Gasteiger partial charge in [-0.05, 0) is 42.8 Å². The molecule has 0 saturated carbocycles. The number of methoxy groups -OCH3 is 1. The summed E-state index contributed by atoms with van der Waals surface area (Å²) in [6, 6.07) is 15.7. The maximum atomic E-state index is 13.2. The summed E-state index contributed by atoms with van der Waals surface area (Å²) in [7, 11) is 1.66. The lowest BCUT2D eigenvalue weighted by Crippen LogP contribution is -2.32. The van der Waals surface area contributed by atoms with E-state index in [4.69, 9.17) is 14.2 Å². The van der Waals surface area contributed by atoms with Gasteiger partial charge in [0, 0.05) is 29.8 Å². The average Bonchev–Trinajstić information content (AvgIpc) is 3.11. The van der Waals surface area contributed by atoms with Crippen LogP contribution in [0.2, 0.25) is 0 Å². The molecule has 0 fully saturated rings. The Hall–Kier alpha value is -3.64. The molecule has 0 bridgehead atoms. The number of hydrogen-bond acceptors (Lipinski definition) is 5. The summed E-state index contributed by atoms with van der Waals surface area (Å²) in [5.74, 6) is 1.84. The SMILES string of the molecule is COc1ccccc1CN1COc2c(cc3c(c2C)O/C(=C\c2ccc(F)cc2)C3=O)C1. The van der Waals surface area contributed by atoms with Gasteiger partial charge in [0.15, 0.2) is 5.76 Å². The predicted molar refractivity (Wildman–Crippen MR) is 118 cm³/mol. The minimum Gasteiger partial charge on any atom is -0.496 e. The molecule has 0 spiro atoms. The maximum absolute atomic E-state index is 13.2. The minimum atomic E-state index is -0.326. The van der Waals surface area contributed by atoms with Crippen LogP contribution in [0.3, 0.4) is 0 Å². The summed E-state index contributed by atoms with van der Waals surface area (Å²) in [5.41, 5.74) is 4.05. The van der Waals surface area contributed by atoms with Gasteiger partial charge in [-0.3, -0.25) is 9.69 Å². The van der Waals surface area contributed by atoms with Gasteiger partial charge in [0.25, 0.3) is 0 Å². The molecule has 32 heavy (non-hydrogen) atoms. The van der Waals surface area contributed by atoms with Crippen LogP contribution in [0.5, 0.6) is 17.2 Å². The fourth-order valence-corrected chi connectivity index (χ4v) is 4.18. The molecular formula is C26H22FNO4. The molecule has 2 heterocycles. The molecule has 0 radical (unpaired) electrons. The van der Waals surface area contributed by atoms with Gasteiger partial charge in [0.2, 0.25) is 5.78 Å². The van der Waals surface area contributed by atoms with Crippen LogP contribution in [0.4, 0.5) is 4.39 Å². The van der Waals surface area contributed by atoms with E-state index in [1.165, 1.54) is 12.1 Å². The Morgan fingerprint density at radius 3 is 2.69 bits per heavy atom. The summed E-state index contributed by atoms with van der Waals surface area (Å²) >= 11 is 0. The molecule has 0 aliphatic carbocycles. The fraction of sp³-hybridized carbons (Fsp3) is 0.192. The second-order valence-corrected chi connectivity index (χ2v) is 7.93. The lowest BCUT2D eigenvalue weighted by molar-refractivity contribution is 0.0869. The zero-order chi connectivity index (χ0) is 22.2. The van der Waals surface area contributed by atoms with E-state index in [0.717, 1.165) is 28.2 Å². The Bertz CT molecular complexity index is 1230. The van der Waals surface area contributed by atoms with E-state index in [9.17, 15) is 9.18 Å². The number of nitrogens with zero attached hydrogens (tertiary/aromatic N) is 1. The minimum absolute atomic E-state index is 0.183. The molecule has 6 heteroatoms. The predicted octanol–water partition coefficient (Wildman–Crippen LogP) is 5.11. The second kappa shape index (κ2) is 8.13. The molecule has 2 aliphatic heterocycles. The Balaban J connectivity index is 1.42. The Labute approximate surface area is 185 Å². The van der Waals surface area contributed by atoms with Crippen molar-refractivity contribution in [2.24, 2.45) is 0 Å². The van der Waals surface area contributed by atoms with Gasteiger partial charge in [0.05, 0.1) is 12.7 Å². The van der Waals surface area contributed by atoms with Crippen LogP contribution in [-0.4, -0.2) is 24.5 Å². The monoisotopic (exact) mass is 431 g/mol. The summed E-state index contributed by atoms with van der Waals surface area (Å²) in [6.07, 6.45) is 1.63. The zero-order valence-corrected chi connectivity index (χ0v) is 17.9. The van der Waals surface area contributed by atoms with Crippen LogP contribution in [-0.2, 0) is 13.1 Å². The van der Waals surface area contributed by atoms with Crippen molar-refractivity contribution in [1.29, 1.82) is 0 Å². The van der Waals surface area contributed by atoms with Crippen LogP contribution in [0.1, 0.15) is 32.6 Å². The molecule has 0 unspecified atom stereocenters. The number of ether oxygens (including phenoxy) is 3. The van der Waals surface area contributed by atoms with Crippen molar-refractivity contribution in [3.63, 3.8) is 0 Å². The van der Waals surface area contributed by atoms with E-state index in [-0.39, 0.29) is 17.4 Å². The average molecular weight is 431 g/mol. The highest BCUT2D eigenvalue weighted by Gasteiger charge is 2.33. The van der Waals surface area contributed by atoms with E-state index in [1.54, 1.807) is 25.3 Å². The molecule has 0 saturated heterocycles. The molecule has 0 aromatic heterocycles. The molecule has 3 aromatic rings. The molecule has 2 aliphatic rings. The fourth-order valence-electron chi connectivity index (χ4n) is 4.18. The largest absolute Gasteiger partial charge is 0.496 e. The number of rotatable bonds is 4. The molecule has 5 rings (SSSR count). The number of allylic oxidation sites excluding steroid dienone is 1. The third kappa shape index (κ3) is 3.63. The van der Waals surface area contributed by atoms with Crippen molar-refractivity contribution in [3.05, 3.63) is 94.0 Å². The van der Waals surface area contributed by atoms with Crippen LogP contribution in [0.25, 0.3) is 6.08 Å². The first-order valence-electron chi connectivity index (χ1n) is 10.4. The van der Waals surface area contributed by atoms with Crippen molar-refractivity contribution in [3.8, 4) is 17.2 Å². The van der Waals surface area contributed by atoms with E-state index in [2.05, 4.69) is 4.90 Å². The standard InChI is InChI=1S/C26H22FNO4/c1-16-25-19(14-28(15-31-25)13-18-5-3-4-6-22(18)30-2)12-21-24(29)23(32-26(16)21)11-17-7-9-20(27)10-8-17/h3-12H,13-15H2,1-2H3/b23-11-. The summed E-state index contributed by atoms with van der Waals surface area (Å²) in [4.78, 5) is 15.2. The summed E-state index contributed by atoms with van der Waals surface area (Å²) in [6.45, 7) is 3.64. The smallest absolute Gasteiger partial charge is 0.231 e. The third-order valence-electron chi connectivity index (χ3n) is 5.76. The molecule has 162 valence electrons.